The van der Waals surface area contributed by atoms with Crippen molar-refractivity contribution in [2.24, 2.45) is 35.4 Å². The second kappa shape index (κ2) is 50.7. The number of hydrazine groups is 2. The van der Waals surface area contributed by atoms with Crippen molar-refractivity contribution in [3.05, 3.63) is 72.4 Å². The summed E-state index contributed by atoms with van der Waals surface area (Å²) in [4.78, 5) is 34.2. The number of fused-ring (bicyclic) bond motifs is 10. The standard InChI is InChI=1S/C14H15NO2.C8H18BN3O.C7H15N3.C7H13NO.C7H11NO.C5H6.CH4.I6.I5.I3.I2.HI/c16-14(15-9-12-6-7-13(15)8-12)17-10-11-4-2-1-3-5-11;1-9(13)11-10-8-4-7-3-6(8)5-12(7)2;1-10-4-5-2-6(10)3-7(5)9-8;2*1-8-4-5-2-6(8)3-7(5)9;1-2-4-5-3-1;;1-5(2)6(3)4;1-4-5(2)3;1-3-2;1-2;/h1-7,12-13H,8-10H2;6-8,10-11,13H,3-5H2,1-2H3;5-7,9H,2-4,8H2,1H3;5-7,9H,2-4H2,1H3;5-6H,2-4H2,1H3;1-4H,5H2;1H4;;;;;1H/q;;;;;;;;2*-1;;. The number of ketones is 1. The molecule has 12 rings (SSSR count). The summed E-state index contributed by atoms with van der Waals surface area (Å²) in [5.74, 6) is 9.03. The average Bonchev–Trinajstić information content (AvgIpc) is 4.28. The Labute approximate surface area is 649 Å². The summed E-state index contributed by atoms with van der Waals surface area (Å²) < 4.78 is 5.32. The topological polar surface area (TPSA) is 162 Å². The molecule has 0 aromatic heterocycles. The number of allylic oxidation sites excluding steroid dienone is 4. The van der Waals surface area contributed by atoms with Gasteiger partial charge in [-0.05, 0) is 122 Å². The Kier molecular flexibility index (Phi) is 55.4. The van der Waals surface area contributed by atoms with Gasteiger partial charge in [-0.1, -0.05) is 74.2 Å². The number of amides is 1. The first-order chi connectivity index (χ1) is 37.7. The van der Waals surface area contributed by atoms with Gasteiger partial charge in [-0.2, -0.15) is 0 Å². The number of carbonyl (C=O) groups is 2. The van der Waals surface area contributed by atoms with Gasteiger partial charge in [-0.15, -0.1) is 24.0 Å². The Balaban J connectivity index is 0.000000469. The molecule has 81 heavy (non-hydrogen) atoms. The second-order valence-corrected chi connectivity index (χ2v) is 200. The molecule has 11 aliphatic rings. The molecule has 0 radical (unpaired) electrons. The number of rotatable bonds is 8. The summed E-state index contributed by atoms with van der Waals surface area (Å²) in [6.07, 6.45) is 24.0. The number of Topliss-reactive ketones (excluding diaryl/α,β-unsaturated/α-hetero) is 1. The Morgan fingerprint density at radius 2 is 1.23 bits per heavy atom. The number of nitrogens with zero attached hydrogens (tertiary/aromatic N) is 5. The van der Waals surface area contributed by atoms with Gasteiger partial charge < -0.3 is 39.4 Å². The van der Waals surface area contributed by atoms with Crippen molar-refractivity contribution in [2.45, 2.75) is 133 Å². The zero-order valence-corrected chi connectivity index (χ0v) is 82.0. The molecule has 1 aromatic rings. The fourth-order valence-corrected chi connectivity index (χ4v) is 12.0. The molecule has 1 amide bonds. The maximum Gasteiger partial charge on any atom is 0.410 e. The van der Waals surface area contributed by atoms with Gasteiger partial charge in [0.15, 0.2) is 0 Å². The molecule has 5 aliphatic heterocycles. The van der Waals surface area contributed by atoms with Crippen LogP contribution in [0.2, 0.25) is 6.82 Å². The molecule has 5 saturated heterocycles. The predicted octanol–water partition coefficient (Wildman–Crippen LogP) is 10.9. The molecule has 13 unspecified atom stereocenters. The zero-order chi connectivity index (χ0) is 58.8. The number of halogens is 17. The quantitative estimate of drug-likeness (QED) is 0.0480. The third-order valence-electron chi connectivity index (χ3n) is 15.9. The first kappa shape index (κ1) is 88.5. The van der Waals surface area contributed by atoms with Gasteiger partial charge in [0.2, 0.25) is 0 Å². The van der Waals surface area contributed by atoms with Crippen molar-refractivity contribution in [3.63, 3.8) is 0 Å². The Bertz CT molecular complexity index is 1920. The van der Waals surface area contributed by atoms with Crippen LogP contribution in [0.5, 0.6) is 0 Å². The number of benzene rings is 1. The molecule has 7 N–H and O–H groups in total. The average molecular weight is 3050 g/mol. The molecule has 5 heterocycles. The van der Waals surface area contributed by atoms with E-state index in [2.05, 4.69) is 305 Å². The van der Waals surface area contributed by atoms with Crippen LogP contribution in [-0.2, 0) is 16.1 Å². The van der Waals surface area contributed by atoms with E-state index in [-0.39, 0.29) is 73.3 Å². The van der Waals surface area contributed by atoms with Crippen LogP contribution in [0.1, 0.15) is 77.2 Å². The minimum atomic E-state index is -0.461. The summed E-state index contributed by atoms with van der Waals surface area (Å²) in [6.45, 7) is 7.47. The van der Waals surface area contributed by atoms with Gasteiger partial charge in [0.1, 0.15) is 12.4 Å². The molecule has 32 heteroatoms. The van der Waals surface area contributed by atoms with Crippen LogP contribution in [0.15, 0.2) is 66.8 Å². The normalized spacial score (nSPS) is 30.9. The number of carbonyl (C=O) groups excluding carboxylic acids is 2. The second-order valence-electron chi connectivity index (χ2n) is 20.9. The number of aliphatic hydroxyl groups is 1. The molecular weight excluding hydrogens is 2960 g/mol. The molecule has 14 nitrogen and oxygen atoms in total. The molecule has 6 aliphatic carbocycles. The van der Waals surface area contributed by atoms with Crippen molar-refractivity contribution in [2.75, 3.05) is 60.9 Å². The fourth-order valence-electron chi connectivity index (χ4n) is 12.0. The van der Waals surface area contributed by atoms with E-state index in [0.717, 1.165) is 81.2 Å². The molecule has 4 saturated carbocycles. The summed E-state index contributed by atoms with van der Waals surface area (Å²) in [7, 11) is 7.33. The van der Waals surface area contributed by atoms with Crippen LogP contribution in [0, 0.1) is 29.6 Å². The van der Waals surface area contributed by atoms with Gasteiger partial charge in [-0.3, -0.25) is 26.8 Å². The van der Waals surface area contributed by atoms with Gasteiger partial charge in [-0.25, -0.2) is 4.79 Å². The molecular formula is C49H83BI17N9O5-2. The van der Waals surface area contributed by atoms with Crippen molar-refractivity contribution in [1.29, 1.82) is 0 Å². The third-order valence-corrected chi connectivity index (χ3v) is 264. The van der Waals surface area contributed by atoms with E-state index in [0.29, 0.717) is 80.8 Å². The van der Waals surface area contributed by atoms with Gasteiger partial charge in [0.05, 0.1) is 12.1 Å². The van der Waals surface area contributed by atoms with Crippen LogP contribution in [0.4, 0.5) is 4.79 Å². The molecule has 13 atom stereocenters. The van der Waals surface area contributed by atoms with E-state index in [1.54, 1.807) is 6.82 Å². The van der Waals surface area contributed by atoms with Crippen molar-refractivity contribution < 1.29 is 51.0 Å². The Morgan fingerprint density at radius 1 is 0.741 bits per heavy atom. The third kappa shape index (κ3) is 34.2. The maximum absolute atomic E-state index is 11.9. The van der Waals surface area contributed by atoms with Gasteiger partial charge in [0.25, 0.3) is 0 Å². The molecule has 9 fully saturated rings. The first-order valence-electron chi connectivity index (χ1n) is 25.7. The van der Waals surface area contributed by atoms with Crippen molar-refractivity contribution >= 4 is 271 Å². The number of hydrogen-bond donors (Lipinski definition) is 6. The summed E-state index contributed by atoms with van der Waals surface area (Å²) in [6, 6.07) is 14.1. The monoisotopic (exact) mass is 3050 g/mol. The van der Waals surface area contributed by atoms with Crippen molar-refractivity contribution in [1.82, 2.24) is 40.7 Å². The number of hydrogen-bond acceptors (Lipinski definition) is 13. The van der Waals surface area contributed by atoms with Crippen LogP contribution >= 0.6 is 252 Å². The Hall–Kier alpha value is 9.45. The van der Waals surface area contributed by atoms with E-state index >= 15 is 0 Å². The maximum atomic E-state index is 11.9. The number of nitrogens with one attached hydrogen (secondary N) is 3. The largest absolute Gasteiger partial charge is 0.445 e. The summed E-state index contributed by atoms with van der Waals surface area (Å²) in [5, 5.41) is 21.2. The summed E-state index contributed by atoms with van der Waals surface area (Å²) >= 11 is 28.4. The minimum absolute atomic E-state index is 0. The number of aliphatic hydroxyl groups excluding tert-OH is 1. The number of piperidine rings is 4. The van der Waals surface area contributed by atoms with Crippen molar-refractivity contribution in [3.8, 4) is 0 Å². The predicted molar refractivity (Wildman–Crippen MR) is 468 cm³/mol. The van der Waals surface area contributed by atoms with E-state index in [1.165, 1.54) is 45.2 Å². The Morgan fingerprint density at radius 3 is 1.54 bits per heavy atom. The SMILES string of the molecule is C.C1=CCC=C1.CB(O)NNC1CC2CC1CN2C.CN1CC2CC1CC2=O.CN1CC2CC1CC2NN.CN1CC2CC1CC2O.I.II.II(I)I(I)I.I[I-]I.I[I-]I(I)I.O=C(OCc1ccccc1)N1CC2C=CC1C2. The van der Waals surface area contributed by atoms with Gasteiger partial charge in [0, 0.05) is 119 Å². The fraction of sp³-hybridized carbons (Fsp3) is 0.714. The molecule has 1 aromatic carbocycles. The number of nitrogens with two attached hydrogens (primary N) is 1. The van der Waals surface area contributed by atoms with E-state index in [1.807, 2.05) is 35.2 Å². The number of likely N-dealkylation sites (tertiary alicyclic amines) is 5. The van der Waals surface area contributed by atoms with Crippen LogP contribution in [0.3, 0.4) is 0 Å². The molecule has 478 valence electrons. The van der Waals surface area contributed by atoms with Crippen LogP contribution in [0.25, 0.3) is 0 Å². The zero-order valence-electron chi connectivity index (χ0n) is 45.1. The first-order valence-corrected chi connectivity index (χ1v) is 101. The van der Waals surface area contributed by atoms with E-state index in [9.17, 15) is 14.7 Å². The van der Waals surface area contributed by atoms with E-state index in [4.69, 9.17) is 15.6 Å². The number of ether oxygens (including phenoxy) is 1. The minimum Gasteiger partial charge on any atom is -0.445 e. The van der Waals surface area contributed by atoms with Crippen LogP contribution < -0.4 is 48.5 Å². The summed E-state index contributed by atoms with van der Waals surface area (Å²) in [5.41, 5.74) is 7.12. The smallest absolute Gasteiger partial charge is 0.410 e. The van der Waals surface area contributed by atoms with E-state index < -0.39 is 7.05 Å². The molecule has 10 bridgehead atoms. The van der Waals surface area contributed by atoms with Gasteiger partial charge >= 0.3 is 231 Å². The van der Waals surface area contributed by atoms with Crippen LogP contribution in [-0.4, -0.2) is 163 Å². The molecule has 0 spiro atoms.